The Hall–Kier alpha value is -3.05. The van der Waals surface area contributed by atoms with Crippen molar-refractivity contribution in [3.8, 4) is 5.75 Å². The molecular weight excluding hydrogens is 380 g/mol. The van der Waals surface area contributed by atoms with E-state index < -0.39 is 0 Å². The summed E-state index contributed by atoms with van der Waals surface area (Å²) >= 11 is 1.66. The minimum Gasteiger partial charge on any atom is -0.496 e. The molecule has 0 saturated heterocycles. The lowest BCUT2D eigenvalue weighted by Gasteiger charge is -2.12. The highest BCUT2D eigenvalue weighted by atomic mass is 32.1. The first-order valence-corrected chi connectivity index (χ1v) is 10.6. The topological polar surface area (TPSA) is 43.3 Å². The van der Waals surface area contributed by atoms with E-state index in [1.54, 1.807) is 18.4 Å². The molecule has 4 aromatic rings. The number of carbonyl (C=O) groups excluding carboxylic acids is 1. The highest BCUT2D eigenvalue weighted by Gasteiger charge is 2.16. The van der Waals surface area contributed by atoms with Gasteiger partial charge < -0.3 is 14.6 Å². The smallest absolute Gasteiger partial charge is 0.267 e. The van der Waals surface area contributed by atoms with Gasteiger partial charge in [-0.2, -0.15) is 0 Å². The highest BCUT2D eigenvalue weighted by Crippen LogP contribution is 2.26. The normalized spacial score (nSPS) is 11.0. The van der Waals surface area contributed by atoms with Crippen LogP contribution >= 0.6 is 11.3 Å². The standard InChI is InChI=1S/C24H24N2O2S/c1-17-6-5-7-18(14-17)16-26-20-11-13-29-23(20)15-21(26)24(27)25-12-10-19-8-3-4-9-22(19)28-2/h3-9,11,13-15H,10,12,16H2,1-2H3,(H,25,27). The Kier molecular flexibility index (Phi) is 5.67. The zero-order valence-electron chi connectivity index (χ0n) is 16.6. The zero-order valence-corrected chi connectivity index (χ0v) is 17.5. The van der Waals surface area contributed by atoms with E-state index in [-0.39, 0.29) is 5.91 Å². The van der Waals surface area contributed by atoms with Gasteiger partial charge in [-0.25, -0.2) is 0 Å². The number of hydrogen-bond acceptors (Lipinski definition) is 3. The third kappa shape index (κ3) is 4.20. The number of aryl methyl sites for hydroxylation is 1. The number of amides is 1. The minimum atomic E-state index is -0.0454. The number of carbonyl (C=O) groups is 1. The minimum absolute atomic E-state index is 0.0454. The fraction of sp³-hybridized carbons (Fsp3) is 0.208. The number of aromatic nitrogens is 1. The molecule has 1 N–H and O–H groups in total. The van der Waals surface area contributed by atoms with Crippen molar-refractivity contribution in [2.45, 2.75) is 19.9 Å². The van der Waals surface area contributed by atoms with Crippen LogP contribution in [-0.2, 0) is 13.0 Å². The fourth-order valence-electron chi connectivity index (χ4n) is 3.64. The summed E-state index contributed by atoms with van der Waals surface area (Å²) in [4.78, 5) is 13.0. The lowest BCUT2D eigenvalue weighted by Crippen LogP contribution is -2.28. The van der Waals surface area contributed by atoms with Crippen molar-refractivity contribution in [2.24, 2.45) is 0 Å². The van der Waals surface area contributed by atoms with Crippen molar-refractivity contribution in [1.82, 2.24) is 9.88 Å². The molecule has 0 atom stereocenters. The Morgan fingerprint density at radius 2 is 1.97 bits per heavy atom. The second kappa shape index (κ2) is 8.53. The predicted molar refractivity (Wildman–Crippen MR) is 119 cm³/mol. The van der Waals surface area contributed by atoms with Gasteiger partial charge in [-0.15, -0.1) is 11.3 Å². The van der Waals surface area contributed by atoms with Crippen LogP contribution in [0.15, 0.2) is 66.0 Å². The Morgan fingerprint density at radius 1 is 1.10 bits per heavy atom. The number of hydrogen-bond donors (Lipinski definition) is 1. The third-order valence-electron chi connectivity index (χ3n) is 5.05. The molecule has 0 aliphatic heterocycles. The van der Waals surface area contributed by atoms with Gasteiger partial charge in [-0.3, -0.25) is 4.79 Å². The van der Waals surface area contributed by atoms with E-state index in [9.17, 15) is 4.79 Å². The van der Waals surface area contributed by atoms with Crippen molar-refractivity contribution in [3.05, 3.63) is 88.4 Å². The van der Waals surface area contributed by atoms with Gasteiger partial charge in [0.2, 0.25) is 0 Å². The Balaban J connectivity index is 1.52. The number of para-hydroxylation sites is 1. The molecule has 0 aliphatic carbocycles. The van der Waals surface area contributed by atoms with Crippen molar-refractivity contribution < 1.29 is 9.53 Å². The molecule has 2 heterocycles. The first-order valence-electron chi connectivity index (χ1n) is 9.68. The number of ether oxygens (including phenoxy) is 1. The number of benzene rings is 2. The lowest BCUT2D eigenvalue weighted by molar-refractivity contribution is 0.0945. The van der Waals surface area contributed by atoms with Crippen LogP contribution in [0.5, 0.6) is 5.75 Å². The molecule has 4 rings (SSSR count). The molecule has 0 radical (unpaired) electrons. The van der Waals surface area contributed by atoms with Gasteiger partial charge in [-0.1, -0.05) is 48.0 Å². The monoisotopic (exact) mass is 404 g/mol. The molecule has 0 fully saturated rings. The first-order chi connectivity index (χ1) is 14.2. The van der Waals surface area contributed by atoms with Crippen LogP contribution < -0.4 is 10.1 Å². The molecule has 2 aromatic carbocycles. The molecule has 2 aromatic heterocycles. The van der Waals surface area contributed by atoms with E-state index in [0.717, 1.165) is 28.0 Å². The van der Waals surface area contributed by atoms with E-state index in [4.69, 9.17) is 4.74 Å². The number of nitrogens with zero attached hydrogens (tertiary/aromatic N) is 1. The van der Waals surface area contributed by atoms with Crippen molar-refractivity contribution in [1.29, 1.82) is 0 Å². The summed E-state index contributed by atoms with van der Waals surface area (Å²) in [6.45, 7) is 3.32. The van der Waals surface area contributed by atoms with Gasteiger partial charge in [-0.05, 0) is 48.1 Å². The Labute approximate surface area is 174 Å². The largest absolute Gasteiger partial charge is 0.496 e. The first kappa shape index (κ1) is 19.3. The highest BCUT2D eigenvalue weighted by molar-refractivity contribution is 7.17. The van der Waals surface area contributed by atoms with Crippen LogP contribution in [0.25, 0.3) is 10.2 Å². The summed E-state index contributed by atoms with van der Waals surface area (Å²) in [5.41, 5.74) is 5.31. The Morgan fingerprint density at radius 3 is 2.79 bits per heavy atom. The van der Waals surface area contributed by atoms with Crippen molar-refractivity contribution in [3.63, 3.8) is 0 Å². The van der Waals surface area contributed by atoms with Gasteiger partial charge in [0.15, 0.2) is 0 Å². The molecule has 1 amide bonds. The van der Waals surface area contributed by atoms with Crippen LogP contribution in [-0.4, -0.2) is 24.1 Å². The zero-order chi connectivity index (χ0) is 20.2. The molecule has 0 saturated carbocycles. The van der Waals surface area contributed by atoms with Gasteiger partial charge in [0.25, 0.3) is 5.91 Å². The molecule has 0 bridgehead atoms. The maximum atomic E-state index is 13.0. The van der Waals surface area contributed by atoms with E-state index in [0.29, 0.717) is 18.8 Å². The predicted octanol–water partition coefficient (Wildman–Crippen LogP) is 5.04. The SMILES string of the molecule is COc1ccccc1CCNC(=O)c1cc2sccc2n1Cc1cccc(C)c1. The van der Waals surface area contributed by atoms with Crippen LogP contribution in [0.1, 0.15) is 27.2 Å². The second-order valence-electron chi connectivity index (χ2n) is 7.09. The van der Waals surface area contributed by atoms with E-state index in [2.05, 4.69) is 52.5 Å². The van der Waals surface area contributed by atoms with E-state index in [1.807, 2.05) is 30.3 Å². The molecule has 148 valence electrons. The summed E-state index contributed by atoms with van der Waals surface area (Å²) in [6.07, 6.45) is 0.725. The van der Waals surface area contributed by atoms with Gasteiger partial charge in [0.1, 0.15) is 11.4 Å². The number of fused-ring (bicyclic) bond motifs is 1. The maximum absolute atomic E-state index is 13.0. The summed E-state index contributed by atoms with van der Waals surface area (Å²) < 4.78 is 8.64. The van der Waals surface area contributed by atoms with Crippen LogP contribution in [0.3, 0.4) is 0 Å². The second-order valence-corrected chi connectivity index (χ2v) is 8.04. The van der Waals surface area contributed by atoms with Gasteiger partial charge >= 0.3 is 0 Å². The Bertz CT molecular complexity index is 1140. The number of rotatable bonds is 7. The molecule has 0 spiro atoms. The summed E-state index contributed by atoms with van der Waals surface area (Å²) in [6, 6.07) is 20.4. The quantitative estimate of drug-likeness (QED) is 0.469. The molecule has 0 unspecified atom stereocenters. The van der Waals surface area contributed by atoms with Gasteiger partial charge in [0.05, 0.1) is 17.3 Å². The maximum Gasteiger partial charge on any atom is 0.267 e. The number of thiophene rings is 1. The van der Waals surface area contributed by atoms with Crippen LogP contribution in [0.4, 0.5) is 0 Å². The van der Waals surface area contributed by atoms with Crippen molar-refractivity contribution in [2.75, 3.05) is 13.7 Å². The third-order valence-corrected chi connectivity index (χ3v) is 5.90. The summed E-state index contributed by atoms with van der Waals surface area (Å²) in [5, 5.41) is 5.15. The van der Waals surface area contributed by atoms with E-state index in [1.165, 1.54) is 11.1 Å². The average molecular weight is 405 g/mol. The summed E-state index contributed by atoms with van der Waals surface area (Å²) in [5.74, 6) is 0.807. The molecule has 0 aliphatic rings. The van der Waals surface area contributed by atoms with Crippen LogP contribution in [0, 0.1) is 6.92 Å². The number of nitrogens with one attached hydrogen (secondary N) is 1. The lowest BCUT2D eigenvalue weighted by atomic mass is 10.1. The van der Waals surface area contributed by atoms with Gasteiger partial charge in [0, 0.05) is 13.1 Å². The van der Waals surface area contributed by atoms with Crippen LogP contribution in [0.2, 0.25) is 0 Å². The average Bonchev–Trinajstić information content (AvgIpc) is 3.31. The van der Waals surface area contributed by atoms with Crippen molar-refractivity contribution >= 4 is 27.5 Å². The molecule has 29 heavy (non-hydrogen) atoms. The molecule has 5 heteroatoms. The molecule has 4 nitrogen and oxygen atoms in total. The fourth-order valence-corrected chi connectivity index (χ4v) is 4.46. The molecular formula is C24H24N2O2S. The number of methoxy groups -OCH3 is 1. The summed E-state index contributed by atoms with van der Waals surface area (Å²) in [7, 11) is 1.67. The van der Waals surface area contributed by atoms with E-state index >= 15 is 0 Å².